The van der Waals surface area contributed by atoms with Gasteiger partial charge in [-0.2, -0.15) is 5.10 Å². The van der Waals surface area contributed by atoms with E-state index in [0.717, 1.165) is 17.7 Å². The van der Waals surface area contributed by atoms with Crippen LogP contribution >= 0.6 is 0 Å². The molecular weight excluding hydrogens is 263 g/mol. The van der Waals surface area contributed by atoms with Crippen molar-refractivity contribution in [3.8, 4) is 5.75 Å². The highest BCUT2D eigenvalue weighted by Crippen LogP contribution is 2.17. The zero-order chi connectivity index (χ0) is 14.0. The van der Waals surface area contributed by atoms with Gasteiger partial charge in [0.15, 0.2) is 0 Å². The van der Waals surface area contributed by atoms with Gasteiger partial charge in [0.1, 0.15) is 12.4 Å². The van der Waals surface area contributed by atoms with Crippen LogP contribution in [0, 0.1) is 5.82 Å². The van der Waals surface area contributed by atoms with E-state index in [1.165, 1.54) is 0 Å². The summed E-state index contributed by atoms with van der Waals surface area (Å²) >= 11 is 0. The van der Waals surface area contributed by atoms with Crippen molar-refractivity contribution in [3.63, 3.8) is 0 Å². The maximum Gasteiger partial charge on any atom is 0.512 e. The monoisotopic (exact) mass is 273 g/mol. The number of halogens is 4. The molecular formula is C11H10BF4N2O-. The molecule has 1 heterocycles. The molecule has 102 valence electrons. The molecule has 0 saturated heterocycles. The summed E-state index contributed by atoms with van der Waals surface area (Å²) in [4.78, 5) is 0. The van der Waals surface area contributed by atoms with E-state index in [2.05, 4.69) is 5.10 Å². The fourth-order valence-electron chi connectivity index (χ4n) is 1.58. The summed E-state index contributed by atoms with van der Waals surface area (Å²) in [5, 5.41) is 3.91. The van der Waals surface area contributed by atoms with Crippen LogP contribution in [0.15, 0.2) is 30.6 Å². The normalized spacial score (nSPS) is 11.6. The molecule has 0 aliphatic rings. The molecule has 0 atom stereocenters. The van der Waals surface area contributed by atoms with Crippen molar-refractivity contribution in [3.05, 3.63) is 42.0 Å². The highest BCUT2D eigenvalue weighted by molar-refractivity contribution is 6.73. The fourth-order valence-corrected chi connectivity index (χ4v) is 1.58. The van der Waals surface area contributed by atoms with Gasteiger partial charge in [0.2, 0.25) is 0 Å². The molecule has 0 bridgehead atoms. The number of aryl methyl sites for hydroxylation is 1. The molecule has 8 heteroatoms. The molecule has 0 spiro atoms. The van der Waals surface area contributed by atoms with Gasteiger partial charge in [-0.05, 0) is 6.07 Å². The maximum absolute atomic E-state index is 13.3. The summed E-state index contributed by atoms with van der Waals surface area (Å²) in [6.07, 6.45) is 3.26. The third-order valence-electron chi connectivity index (χ3n) is 2.49. The van der Waals surface area contributed by atoms with Crippen molar-refractivity contribution in [2.75, 3.05) is 0 Å². The van der Waals surface area contributed by atoms with E-state index in [-0.39, 0.29) is 12.4 Å². The number of ether oxygens (including phenoxy) is 1. The zero-order valence-corrected chi connectivity index (χ0v) is 9.99. The Morgan fingerprint density at radius 2 is 2.05 bits per heavy atom. The summed E-state index contributed by atoms with van der Waals surface area (Å²) in [5.74, 6) is -1.28. The predicted octanol–water partition coefficient (Wildman–Crippen LogP) is 2.19. The van der Waals surface area contributed by atoms with E-state index in [1.807, 2.05) is 0 Å². The van der Waals surface area contributed by atoms with E-state index in [9.17, 15) is 17.3 Å². The topological polar surface area (TPSA) is 27.1 Å². The first-order valence-corrected chi connectivity index (χ1v) is 5.46. The Labute approximate surface area is 106 Å². The van der Waals surface area contributed by atoms with Gasteiger partial charge in [0.05, 0.1) is 12.0 Å². The largest absolute Gasteiger partial charge is 0.512 e. The first-order valence-electron chi connectivity index (χ1n) is 5.46. The molecule has 2 aromatic rings. The van der Waals surface area contributed by atoms with Crippen LogP contribution in [0.2, 0.25) is 0 Å². The van der Waals surface area contributed by atoms with E-state index in [1.54, 1.807) is 24.1 Å². The van der Waals surface area contributed by atoms with Crippen molar-refractivity contribution >= 4 is 12.4 Å². The molecule has 0 fully saturated rings. The minimum atomic E-state index is -5.34. The van der Waals surface area contributed by atoms with Crippen LogP contribution in [-0.4, -0.2) is 16.8 Å². The lowest BCUT2D eigenvalue weighted by molar-refractivity contribution is 0.304. The van der Waals surface area contributed by atoms with Crippen LogP contribution in [0.1, 0.15) is 5.56 Å². The number of hydrogen-bond donors (Lipinski definition) is 0. The van der Waals surface area contributed by atoms with Gasteiger partial charge in [-0.25, -0.2) is 4.39 Å². The van der Waals surface area contributed by atoms with Crippen molar-refractivity contribution in [2.45, 2.75) is 6.61 Å². The standard InChI is InChI=1S/C11H10BF4N2O/c1-18-6-8(5-17-18)7-19-9-2-3-10(11(13)4-9)12(14,15)16/h2-6H,7H2,1H3/q-1. The van der Waals surface area contributed by atoms with Crippen LogP contribution in [0.4, 0.5) is 17.3 Å². The maximum atomic E-state index is 13.3. The fraction of sp³-hybridized carbons (Fsp3) is 0.182. The summed E-state index contributed by atoms with van der Waals surface area (Å²) in [6, 6.07) is 2.53. The Kier molecular flexibility index (Phi) is 3.50. The van der Waals surface area contributed by atoms with Crippen molar-refractivity contribution in [1.82, 2.24) is 9.78 Å². The van der Waals surface area contributed by atoms with Gasteiger partial charge >= 0.3 is 6.98 Å². The lowest BCUT2D eigenvalue weighted by atomic mass is 9.80. The number of benzene rings is 1. The van der Waals surface area contributed by atoms with E-state index < -0.39 is 18.3 Å². The average molecular weight is 273 g/mol. The van der Waals surface area contributed by atoms with Crippen LogP contribution in [0.25, 0.3) is 0 Å². The molecule has 2 rings (SSSR count). The molecule has 1 aromatic heterocycles. The number of rotatable bonds is 4. The van der Waals surface area contributed by atoms with Gasteiger partial charge < -0.3 is 17.7 Å². The smallest absolute Gasteiger partial charge is 0.489 e. The predicted molar refractivity (Wildman–Crippen MR) is 62.7 cm³/mol. The van der Waals surface area contributed by atoms with E-state index in [4.69, 9.17) is 4.74 Å². The van der Waals surface area contributed by atoms with Crippen molar-refractivity contribution < 1.29 is 22.1 Å². The summed E-state index contributed by atoms with van der Waals surface area (Å²) in [6.45, 7) is -5.23. The summed E-state index contributed by atoms with van der Waals surface area (Å²) in [5.41, 5.74) is -0.499. The highest BCUT2D eigenvalue weighted by atomic mass is 19.4. The van der Waals surface area contributed by atoms with Crippen LogP contribution in [0.5, 0.6) is 5.75 Å². The third kappa shape index (κ3) is 3.27. The number of aromatic nitrogens is 2. The van der Waals surface area contributed by atoms with Gasteiger partial charge in [0.25, 0.3) is 0 Å². The third-order valence-corrected chi connectivity index (χ3v) is 2.49. The lowest BCUT2D eigenvalue weighted by Gasteiger charge is -2.16. The van der Waals surface area contributed by atoms with E-state index >= 15 is 0 Å². The second kappa shape index (κ2) is 4.95. The second-order valence-corrected chi connectivity index (χ2v) is 4.07. The molecule has 0 aliphatic carbocycles. The Bertz CT molecular complexity index is 582. The molecule has 0 saturated carbocycles. The van der Waals surface area contributed by atoms with Gasteiger partial charge in [-0.1, -0.05) is 11.5 Å². The zero-order valence-electron chi connectivity index (χ0n) is 9.99. The average Bonchev–Trinajstić information content (AvgIpc) is 2.71. The quantitative estimate of drug-likeness (QED) is 0.630. The SMILES string of the molecule is Cn1cc(COc2ccc([B-](F)(F)F)c(F)c2)cn1. The summed E-state index contributed by atoms with van der Waals surface area (Å²) in [7, 11) is 1.73. The molecule has 0 N–H and O–H groups in total. The second-order valence-electron chi connectivity index (χ2n) is 4.07. The van der Waals surface area contributed by atoms with Crippen LogP contribution in [0.3, 0.4) is 0 Å². The minimum Gasteiger partial charge on any atom is -0.489 e. The molecule has 0 amide bonds. The molecule has 0 aliphatic heterocycles. The summed E-state index contributed by atoms with van der Waals surface area (Å²) < 4.78 is 57.3. The molecule has 0 unspecified atom stereocenters. The molecule has 0 radical (unpaired) electrons. The molecule has 1 aromatic carbocycles. The molecule has 3 nitrogen and oxygen atoms in total. The Morgan fingerprint density at radius 1 is 1.32 bits per heavy atom. The van der Waals surface area contributed by atoms with E-state index in [0.29, 0.717) is 6.07 Å². The Morgan fingerprint density at radius 3 is 2.58 bits per heavy atom. The van der Waals surface area contributed by atoms with Crippen LogP contribution < -0.4 is 10.2 Å². The van der Waals surface area contributed by atoms with Crippen molar-refractivity contribution in [2.24, 2.45) is 7.05 Å². The highest BCUT2D eigenvalue weighted by Gasteiger charge is 2.28. The Balaban J connectivity index is 2.08. The molecule has 19 heavy (non-hydrogen) atoms. The van der Waals surface area contributed by atoms with Gasteiger partial charge in [-0.3, -0.25) is 4.68 Å². The van der Waals surface area contributed by atoms with Crippen molar-refractivity contribution in [1.29, 1.82) is 0 Å². The number of nitrogens with zero attached hydrogens (tertiary/aromatic N) is 2. The van der Waals surface area contributed by atoms with Gasteiger partial charge in [-0.15, -0.1) is 0 Å². The Hall–Kier alpha value is -1.99. The minimum absolute atomic E-state index is 0.0464. The number of hydrogen-bond acceptors (Lipinski definition) is 2. The van der Waals surface area contributed by atoms with Crippen LogP contribution in [-0.2, 0) is 13.7 Å². The first-order chi connectivity index (χ1) is 8.86. The first kappa shape index (κ1) is 13.4. The van der Waals surface area contributed by atoms with Gasteiger partial charge in [0, 0.05) is 24.9 Å². The lowest BCUT2D eigenvalue weighted by Crippen LogP contribution is -2.36.